The lowest BCUT2D eigenvalue weighted by atomic mass is 10.2. The third kappa shape index (κ3) is 4.27. The van der Waals surface area contributed by atoms with E-state index in [0.29, 0.717) is 37.1 Å². The largest absolute Gasteiger partial charge is 0.490 e. The van der Waals surface area contributed by atoms with Crippen LogP contribution >= 0.6 is 0 Å². The summed E-state index contributed by atoms with van der Waals surface area (Å²) in [5.74, 6) is 2.10. The monoisotopic (exact) mass is 359 g/mol. The van der Waals surface area contributed by atoms with Crippen LogP contribution in [0, 0.1) is 0 Å². The average molecular weight is 359 g/mol. The van der Waals surface area contributed by atoms with E-state index < -0.39 is 0 Å². The minimum atomic E-state index is -0.373. The van der Waals surface area contributed by atoms with Crippen molar-refractivity contribution in [1.29, 1.82) is 0 Å². The van der Waals surface area contributed by atoms with Crippen LogP contribution in [0.2, 0.25) is 0 Å². The summed E-state index contributed by atoms with van der Waals surface area (Å²) in [5.41, 5.74) is 1.36. The molecule has 0 atom stereocenters. The molecule has 0 unspecified atom stereocenters. The fourth-order valence-electron chi connectivity index (χ4n) is 2.45. The third-order valence-electron chi connectivity index (χ3n) is 3.75. The van der Waals surface area contributed by atoms with Crippen molar-refractivity contribution in [3.05, 3.63) is 35.9 Å². The zero-order chi connectivity index (χ0) is 18.4. The first-order chi connectivity index (χ1) is 12.7. The van der Waals surface area contributed by atoms with Crippen molar-refractivity contribution in [1.82, 2.24) is 10.3 Å². The maximum Gasteiger partial charge on any atom is 0.319 e. The molecule has 1 aliphatic heterocycles. The van der Waals surface area contributed by atoms with Gasteiger partial charge in [0, 0.05) is 19.0 Å². The predicted molar refractivity (Wildman–Crippen MR) is 95.2 cm³/mol. The number of aromatic nitrogens is 1. The number of anilines is 1. The van der Waals surface area contributed by atoms with Crippen molar-refractivity contribution < 1.29 is 23.7 Å². The second-order valence-electron chi connectivity index (χ2n) is 5.55. The summed E-state index contributed by atoms with van der Waals surface area (Å²) in [6.07, 6.45) is 0.850. The number of pyridine rings is 1. The molecule has 0 fully saturated rings. The molecule has 3 rings (SSSR count). The number of nitrogens with zero attached hydrogens (tertiary/aromatic N) is 1. The lowest BCUT2D eigenvalue weighted by Gasteiger charge is -2.12. The number of methoxy groups -OCH3 is 2. The molecule has 0 radical (unpaired) electrons. The lowest BCUT2D eigenvalue weighted by molar-refractivity contribution is 0.251. The van der Waals surface area contributed by atoms with Gasteiger partial charge in [-0.15, -0.1) is 0 Å². The Morgan fingerprint density at radius 2 is 1.92 bits per heavy atom. The van der Waals surface area contributed by atoms with Crippen LogP contribution in [-0.2, 0) is 6.54 Å². The molecule has 0 spiro atoms. The topological polar surface area (TPSA) is 90.9 Å². The van der Waals surface area contributed by atoms with Crippen molar-refractivity contribution in [3.8, 4) is 23.3 Å². The van der Waals surface area contributed by atoms with Gasteiger partial charge in [-0.1, -0.05) is 6.07 Å². The van der Waals surface area contributed by atoms with Crippen LogP contribution in [0.15, 0.2) is 30.3 Å². The van der Waals surface area contributed by atoms with E-state index in [0.717, 1.165) is 17.7 Å². The predicted octanol–water partition coefficient (Wildman–Crippen LogP) is 2.58. The fraction of sp³-hybridized carbons (Fsp3) is 0.333. The van der Waals surface area contributed by atoms with Gasteiger partial charge < -0.3 is 29.6 Å². The molecule has 0 saturated heterocycles. The first kappa shape index (κ1) is 17.7. The summed E-state index contributed by atoms with van der Waals surface area (Å²) in [6.45, 7) is 1.60. The van der Waals surface area contributed by atoms with Crippen molar-refractivity contribution in [3.63, 3.8) is 0 Å². The molecule has 0 aliphatic carbocycles. The molecule has 2 heterocycles. The summed E-state index contributed by atoms with van der Waals surface area (Å²) < 4.78 is 21.4. The van der Waals surface area contributed by atoms with Crippen molar-refractivity contribution >= 4 is 11.7 Å². The maximum atomic E-state index is 12.2. The average Bonchev–Trinajstić information content (AvgIpc) is 2.91. The number of carbonyl (C=O) groups excluding carboxylic acids is 1. The molecule has 8 heteroatoms. The molecule has 2 amide bonds. The number of hydrogen-bond acceptors (Lipinski definition) is 6. The van der Waals surface area contributed by atoms with Gasteiger partial charge in [0.2, 0.25) is 11.8 Å². The normalized spacial score (nSPS) is 12.7. The van der Waals surface area contributed by atoms with Crippen LogP contribution < -0.4 is 29.6 Å². The molecule has 138 valence electrons. The number of fused-ring (bicyclic) bond motifs is 1. The Morgan fingerprint density at radius 1 is 1.12 bits per heavy atom. The van der Waals surface area contributed by atoms with Gasteiger partial charge in [-0.25, -0.2) is 4.79 Å². The maximum absolute atomic E-state index is 12.2. The van der Waals surface area contributed by atoms with Gasteiger partial charge in [-0.2, -0.15) is 4.98 Å². The molecule has 26 heavy (non-hydrogen) atoms. The summed E-state index contributed by atoms with van der Waals surface area (Å²) in [5, 5.41) is 5.50. The number of nitrogens with one attached hydrogen (secondary N) is 2. The van der Waals surface area contributed by atoms with Crippen LogP contribution in [-0.4, -0.2) is 38.4 Å². The standard InChI is InChI=1S/C18H21N3O5/c1-23-16-7-5-13(17(21-16)24-2)20-18(22)19-11-12-4-6-14-15(10-12)26-9-3-8-25-14/h4-7,10H,3,8-9,11H2,1-2H3,(H2,19,20,22). The zero-order valence-corrected chi connectivity index (χ0v) is 14.7. The van der Waals surface area contributed by atoms with E-state index in [4.69, 9.17) is 18.9 Å². The molecular weight excluding hydrogens is 338 g/mol. The molecule has 0 bridgehead atoms. The highest BCUT2D eigenvalue weighted by Crippen LogP contribution is 2.30. The zero-order valence-electron chi connectivity index (χ0n) is 14.7. The molecule has 2 N–H and O–H groups in total. The number of hydrogen-bond donors (Lipinski definition) is 2. The van der Waals surface area contributed by atoms with E-state index in [1.807, 2.05) is 18.2 Å². The molecular formula is C18H21N3O5. The number of ether oxygens (including phenoxy) is 4. The second-order valence-corrected chi connectivity index (χ2v) is 5.55. The summed E-state index contributed by atoms with van der Waals surface area (Å²) in [7, 11) is 2.99. The van der Waals surface area contributed by atoms with Gasteiger partial charge in [0.15, 0.2) is 11.5 Å². The highest BCUT2D eigenvalue weighted by Gasteiger charge is 2.12. The Morgan fingerprint density at radius 3 is 2.69 bits per heavy atom. The Balaban J connectivity index is 1.60. The van der Waals surface area contributed by atoms with Crippen molar-refractivity contribution in [2.24, 2.45) is 0 Å². The molecule has 0 saturated carbocycles. The number of carbonyl (C=O) groups is 1. The quantitative estimate of drug-likeness (QED) is 0.853. The molecule has 8 nitrogen and oxygen atoms in total. The van der Waals surface area contributed by atoms with E-state index in [9.17, 15) is 4.79 Å². The first-order valence-electron chi connectivity index (χ1n) is 8.22. The smallest absolute Gasteiger partial charge is 0.319 e. The third-order valence-corrected chi connectivity index (χ3v) is 3.75. The Labute approximate surface area is 151 Å². The Hall–Kier alpha value is -3.16. The number of rotatable bonds is 5. The molecule has 1 aromatic carbocycles. The van der Waals surface area contributed by atoms with Gasteiger partial charge in [0.25, 0.3) is 0 Å². The van der Waals surface area contributed by atoms with Crippen LogP contribution in [0.3, 0.4) is 0 Å². The van der Waals surface area contributed by atoms with Crippen molar-refractivity contribution in [2.45, 2.75) is 13.0 Å². The lowest BCUT2D eigenvalue weighted by Crippen LogP contribution is -2.28. The minimum Gasteiger partial charge on any atom is -0.490 e. The SMILES string of the molecule is COc1ccc(NC(=O)NCc2ccc3c(c2)OCCCO3)c(OC)n1. The van der Waals surface area contributed by atoms with E-state index in [-0.39, 0.29) is 11.9 Å². The van der Waals surface area contributed by atoms with Gasteiger partial charge >= 0.3 is 6.03 Å². The van der Waals surface area contributed by atoms with Crippen LogP contribution in [0.5, 0.6) is 23.3 Å². The van der Waals surface area contributed by atoms with E-state index in [2.05, 4.69) is 15.6 Å². The number of benzene rings is 1. The highest BCUT2D eigenvalue weighted by molar-refractivity contribution is 5.90. The van der Waals surface area contributed by atoms with Crippen LogP contribution in [0.4, 0.5) is 10.5 Å². The van der Waals surface area contributed by atoms with E-state index >= 15 is 0 Å². The van der Waals surface area contributed by atoms with Gasteiger partial charge in [0.05, 0.1) is 27.4 Å². The summed E-state index contributed by atoms with van der Waals surface area (Å²) >= 11 is 0. The van der Waals surface area contributed by atoms with Gasteiger partial charge in [-0.05, 0) is 23.8 Å². The highest BCUT2D eigenvalue weighted by atomic mass is 16.5. The van der Waals surface area contributed by atoms with Crippen LogP contribution in [0.25, 0.3) is 0 Å². The van der Waals surface area contributed by atoms with Crippen molar-refractivity contribution in [2.75, 3.05) is 32.8 Å². The Kier molecular flexibility index (Phi) is 5.62. The minimum absolute atomic E-state index is 0.273. The first-order valence-corrected chi connectivity index (χ1v) is 8.22. The van der Waals surface area contributed by atoms with Crippen LogP contribution in [0.1, 0.15) is 12.0 Å². The second kappa shape index (κ2) is 8.28. The van der Waals surface area contributed by atoms with E-state index in [1.165, 1.54) is 14.2 Å². The summed E-state index contributed by atoms with van der Waals surface area (Å²) in [6, 6.07) is 8.55. The summed E-state index contributed by atoms with van der Waals surface area (Å²) in [4.78, 5) is 16.3. The van der Waals surface area contributed by atoms with E-state index in [1.54, 1.807) is 12.1 Å². The fourth-order valence-corrected chi connectivity index (χ4v) is 2.45. The number of amides is 2. The Bertz CT molecular complexity index is 781. The number of urea groups is 1. The molecule has 1 aliphatic rings. The molecule has 1 aromatic heterocycles. The molecule has 2 aromatic rings. The van der Waals surface area contributed by atoms with Gasteiger partial charge in [-0.3, -0.25) is 0 Å². The van der Waals surface area contributed by atoms with Gasteiger partial charge in [0.1, 0.15) is 5.69 Å².